The van der Waals surface area contributed by atoms with Gasteiger partial charge in [0, 0.05) is 26.2 Å². The highest BCUT2D eigenvalue weighted by Crippen LogP contribution is 2.07. The van der Waals surface area contributed by atoms with Crippen molar-refractivity contribution in [2.75, 3.05) is 26.2 Å². The molecule has 0 saturated heterocycles. The molecule has 23 heavy (non-hydrogen) atoms. The highest BCUT2D eigenvalue weighted by Gasteiger charge is 2.04. The Kier molecular flexibility index (Phi) is 13.1. The Morgan fingerprint density at radius 3 is 2.65 bits per heavy atom. The Bertz CT molecular complexity index is 449. The first-order valence-electron chi connectivity index (χ1n) is 7.97. The van der Waals surface area contributed by atoms with E-state index in [0.29, 0.717) is 19.0 Å². The molecule has 1 aromatic rings. The van der Waals surface area contributed by atoms with Gasteiger partial charge < -0.3 is 16.0 Å². The number of rotatable bonds is 9. The zero-order chi connectivity index (χ0) is 16.2. The van der Waals surface area contributed by atoms with Crippen molar-refractivity contribution in [1.29, 1.82) is 0 Å². The second kappa shape index (κ2) is 13.6. The van der Waals surface area contributed by atoms with Gasteiger partial charge in [0.2, 0.25) is 0 Å². The number of nitrogens with one attached hydrogen (secondary N) is 3. The number of amides is 1. The van der Waals surface area contributed by atoms with Crippen LogP contribution in [0, 0.1) is 5.92 Å². The number of hydrogen-bond donors (Lipinski definition) is 3. The van der Waals surface area contributed by atoms with Crippen molar-refractivity contribution < 1.29 is 4.79 Å². The second-order valence-corrected chi connectivity index (χ2v) is 6.40. The maximum atomic E-state index is 11.7. The molecule has 0 bridgehead atoms. The monoisotopic (exact) mass is 452 g/mol. The summed E-state index contributed by atoms with van der Waals surface area (Å²) in [7, 11) is 0. The van der Waals surface area contributed by atoms with E-state index in [9.17, 15) is 4.79 Å². The fourth-order valence-corrected chi connectivity index (χ4v) is 2.43. The van der Waals surface area contributed by atoms with Crippen molar-refractivity contribution in [1.82, 2.24) is 16.0 Å². The van der Waals surface area contributed by atoms with Gasteiger partial charge in [-0.05, 0) is 37.1 Å². The number of thiophene rings is 1. The first-order valence-corrected chi connectivity index (χ1v) is 8.85. The molecule has 7 heteroatoms. The van der Waals surface area contributed by atoms with Crippen molar-refractivity contribution in [2.24, 2.45) is 10.9 Å². The van der Waals surface area contributed by atoms with Gasteiger partial charge in [0.25, 0.3) is 5.91 Å². The van der Waals surface area contributed by atoms with E-state index in [2.05, 4.69) is 41.7 Å². The fraction of sp³-hybridized carbons (Fsp3) is 0.625. The van der Waals surface area contributed by atoms with E-state index in [1.807, 2.05) is 17.5 Å². The van der Waals surface area contributed by atoms with E-state index >= 15 is 0 Å². The normalized spacial score (nSPS) is 11.0. The van der Waals surface area contributed by atoms with Gasteiger partial charge >= 0.3 is 0 Å². The van der Waals surface area contributed by atoms with Crippen LogP contribution in [0.15, 0.2) is 22.5 Å². The van der Waals surface area contributed by atoms with Gasteiger partial charge in [-0.3, -0.25) is 9.79 Å². The molecule has 1 aromatic heterocycles. The molecule has 5 nitrogen and oxygen atoms in total. The van der Waals surface area contributed by atoms with Gasteiger partial charge in [-0.2, -0.15) is 0 Å². The zero-order valence-corrected chi connectivity index (χ0v) is 17.4. The minimum atomic E-state index is 0. The summed E-state index contributed by atoms with van der Waals surface area (Å²) in [5.41, 5.74) is 0. The predicted octanol–water partition coefficient (Wildman–Crippen LogP) is 3.09. The molecule has 1 heterocycles. The van der Waals surface area contributed by atoms with Crippen LogP contribution in [-0.4, -0.2) is 38.0 Å². The molecule has 132 valence electrons. The average Bonchev–Trinajstić information content (AvgIpc) is 3.00. The first kappa shape index (κ1) is 22.2. The summed E-state index contributed by atoms with van der Waals surface area (Å²) < 4.78 is 0. The number of carbonyl (C=O) groups excluding carboxylic acids is 1. The summed E-state index contributed by atoms with van der Waals surface area (Å²) in [6.45, 7) is 9.60. The van der Waals surface area contributed by atoms with Crippen molar-refractivity contribution in [3.05, 3.63) is 22.4 Å². The number of nitrogens with zero attached hydrogens (tertiary/aromatic N) is 1. The summed E-state index contributed by atoms with van der Waals surface area (Å²) in [6, 6.07) is 3.72. The molecule has 0 aliphatic carbocycles. The molecule has 0 spiro atoms. The molecule has 0 unspecified atom stereocenters. The van der Waals surface area contributed by atoms with E-state index < -0.39 is 0 Å². The quantitative estimate of drug-likeness (QED) is 0.234. The second-order valence-electron chi connectivity index (χ2n) is 5.46. The van der Waals surface area contributed by atoms with Crippen LogP contribution in [-0.2, 0) is 0 Å². The largest absolute Gasteiger partial charge is 0.357 e. The van der Waals surface area contributed by atoms with Crippen LogP contribution in [0.2, 0.25) is 0 Å². The zero-order valence-electron chi connectivity index (χ0n) is 14.2. The van der Waals surface area contributed by atoms with E-state index in [-0.39, 0.29) is 29.9 Å². The number of guanidine groups is 1. The van der Waals surface area contributed by atoms with E-state index in [0.717, 1.165) is 36.8 Å². The first-order chi connectivity index (χ1) is 10.6. The summed E-state index contributed by atoms with van der Waals surface area (Å²) in [6.07, 6.45) is 1.96. The third kappa shape index (κ3) is 10.5. The molecule has 0 radical (unpaired) electrons. The van der Waals surface area contributed by atoms with Crippen molar-refractivity contribution in [3.63, 3.8) is 0 Å². The van der Waals surface area contributed by atoms with Crippen LogP contribution in [0.3, 0.4) is 0 Å². The van der Waals surface area contributed by atoms with E-state index in [4.69, 9.17) is 0 Å². The lowest BCUT2D eigenvalue weighted by atomic mass is 10.1. The third-order valence-corrected chi connectivity index (χ3v) is 3.86. The Morgan fingerprint density at radius 2 is 2.04 bits per heavy atom. The lowest BCUT2D eigenvalue weighted by Crippen LogP contribution is -2.38. The maximum Gasteiger partial charge on any atom is 0.261 e. The Hall–Kier alpha value is -0.830. The van der Waals surface area contributed by atoms with E-state index in [1.54, 1.807) is 0 Å². The molecule has 0 aliphatic rings. The molecule has 3 N–H and O–H groups in total. The van der Waals surface area contributed by atoms with Crippen LogP contribution >= 0.6 is 35.3 Å². The maximum absolute atomic E-state index is 11.7. The predicted molar refractivity (Wildman–Crippen MR) is 110 cm³/mol. The standard InChI is InChI=1S/C16H28N4OS.HI/c1-4-17-16(20-11-8-13(2)3)19-10-6-9-18-15(21)14-7-5-12-22-14;/h5,7,12-13H,4,6,8-11H2,1-3H3,(H,18,21)(H2,17,19,20);1H. The fourth-order valence-electron chi connectivity index (χ4n) is 1.79. The van der Waals surface area contributed by atoms with Crippen molar-refractivity contribution in [2.45, 2.75) is 33.6 Å². The summed E-state index contributed by atoms with van der Waals surface area (Å²) >= 11 is 1.46. The minimum absolute atomic E-state index is 0. The molecule has 0 aromatic carbocycles. The number of carbonyl (C=O) groups is 1. The van der Waals surface area contributed by atoms with Crippen LogP contribution in [0.5, 0.6) is 0 Å². The topological polar surface area (TPSA) is 65.5 Å². The van der Waals surface area contributed by atoms with Crippen LogP contribution < -0.4 is 16.0 Å². The lowest BCUT2D eigenvalue weighted by Gasteiger charge is -2.12. The van der Waals surface area contributed by atoms with Crippen LogP contribution in [0.1, 0.15) is 43.3 Å². The summed E-state index contributed by atoms with van der Waals surface area (Å²) in [5.74, 6) is 1.54. The Balaban J connectivity index is 0.00000484. The van der Waals surface area contributed by atoms with Gasteiger partial charge in [-0.25, -0.2) is 0 Å². The van der Waals surface area contributed by atoms with Gasteiger partial charge in [0.05, 0.1) is 4.88 Å². The Labute approximate surface area is 160 Å². The summed E-state index contributed by atoms with van der Waals surface area (Å²) in [5, 5.41) is 11.4. The van der Waals surface area contributed by atoms with Crippen molar-refractivity contribution in [3.8, 4) is 0 Å². The molecule has 0 aliphatic heterocycles. The van der Waals surface area contributed by atoms with Gasteiger partial charge in [-0.15, -0.1) is 35.3 Å². The average molecular weight is 452 g/mol. The molecular formula is C16H29IN4OS. The lowest BCUT2D eigenvalue weighted by molar-refractivity contribution is 0.0957. The van der Waals surface area contributed by atoms with Crippen molar-refractivity contribution >= 4 is 47.2 Å². The van der Waals surface area contributed by atoms with Gasteiger partial charge in [-0.1, -0.05) is 19.9 Å². The highest BCUT2D eigenvalue weighted by molar-refractivity contribution is 14.0. The minimum Gasteiger partial charge on any atom is -0.357 e. The SMILES string of the molecule is CCNC(=NCCCNC(=O)c1cccs1)NCCC(C)C.I. The molecular weight excluding hydrogens is 423 g/mol. The summed E-state index contributed by atoms with van der Waals surface area (Å²) in [4.78, 5) is 17.0. The smallest absolute Gasteiger partial charge is 0.261 e. The van der Waals surface area contributed by atoms with Gasteiger partial charge in [0.15, 0.2) is 5.96 Å². The Morgan fingerprint density at radius 1 is 1.26 bits per heavy atom. The number of aliphatic imine (C=N–C) groups is 1. The van der Waals surface area contributed by atoms with Gasteiger partial charge in [0.1, 0.15) is 0 Å². The highest BCUT2D eigenvalue weighted by atomic mass is 127. The molecule has 1 rings (SSSR count). The molecule has 0 fully saturated rings. The molecule has 0 saturated carbocycles. The van der Waals surface area contributed by atoms with Crippen LogP contribution in [0.25, 0.3) is 0 Å². The third-order valence-electron chi connectivity index (χ3n) is 2.99. The molecule has 1 amide bonds. The van der Waals surface area contributed by atoms with E-state index in [1.165, 1.54) is 11.3 Å². The number of halogens is 1. The van der Waals surface area contributed by atoms with Crippen LogP contribution in [0.4, 0.5) is 0 Å². The number of hydrogen-bond acceptors (Lipinski definition) is 3. The molecule has 0 atom stereocenters.